The Bertz CT molecular complexity index is 157. The first-order valence-electron chi connectivity index (χ1n) is 4.42. The predicted octanol–water partition coefficient (Wildman–Crippen LogP) is 0.897. The molecule has 0 bridgehead atoms. The van der Waals surface area contributed by atoms with E-state index < -0.39 is 5.60 Å². The number of carbonyl (C=O) groups excluding carboxylic acids is 1. The average Bonchev–Trinajstić information content (AvgIpc) is 2.12. The second-order valence-electron chi connectivity index (χ2n) is 3.57. The second-order valence-corrected chi connectivity index (χ2v) is 3.57. The zero-order valence-electron chi connectivity index (χ0n) is 7.51. The fourth-order valence-corrected chi connectivity index (χ4v) is 1.63. The summed E-state index contributed by atoms with van der Waals surface area (Å²) in [6.45, 7) is 2.80. The van der Waals surface area contributed by atoms with Gasteiger partial charge in [-0.15, -0.1) is 0 Å². The van der Waals surface area contributed by atoms with Gasteiger partial charge in [-0.3, -0.25) is 4.79 Å². The highest BCUT2D eigenvalue weighted by Crippen LogP contribution is 2.24. The van der Waals surface area contributed by atoms with Crippen LogP contribution in [-0.4, -0.2) is 29.7 Å². The minimum absolute atomic E-state index is 0.0550. The van der Waals surface area contributed by atoms with Crippen LogP contribution in [0.5, 0.6) is 0 Å². The van der Waals surface area contributed by atoms with E-state index in [-0.39, 0.29) is 12.2 Å². The van der Waals surface area contributed by atoms with E-state index in [4.69, 9.17) is 4.74 Å². The Morgan fingerprint density at radius 1 is 1.50 bits per heavy atom. The zero-order chi connectivity index (χ0) is 9.03. The molecule has 70 valence electrons. The molecule has 0 saturated carbocycles. The molecule has 3 nitrogen and oxygen atoms in total. The zero-order valence-corrected chi connectivity index (χ0v) is 7.51. The van der Waals surface area contributed by atoms with Gasteiger partial charge in [-0.25, -0.2) is 0 Å². The molecule has 0 spiro atoms. The Labute approximate surface area is 72.7 Å². The number of ketones is 1. The lowest BCUT2D eigenvalue weighted by Crippen LogP contribution is -2.31. The smallest absolute Gasteiger partial charge is 0.132 e. The number of Topliss-reactive ketones (excluding diaryl/α,β-unsaturated/α-hetero) is 1. The summed E-state index contributed by atoms with van der Waals surface area (Å²) in [5.41, 5.74) is -0.789. The maximum Gasteiger partial charge on any atom is 0.132 e. The normalized spacial score (nSPS) is 31.2. The standard InChI is InChI=1S/C9H16O3/c1-8(10)7-9(11)3-2-5-12-6-4-9/h11H,2-7H2,1H3. The van der Waals surface area contributed by atoms with Gasteiger partial charge >= 0.3 is 0 Å². The summed E-state index contributed by atoms with van der Waals surface area (Å²) in [6, 6.07) is 0. The van der Waals surface area contributed by atoms with Crippen molar-refractivity contribution in [1.82, 2.24) is 0 Å². The van der Waals surface area contributed by atoms with Gasteiger partial charge in [-0.05, 0) is 26.2 Å². The topological polar surface area (TPSA) is 46.5 Å². The van der Waals surface area contributed by atoms with Crippen molar-refractivity contribution in [3.8, 4) is 0 Å². The average molecular weight is 172 g/mol. The molecule has 1 aliphatic rings. The molecule has 1 atom stereocenters. The summed E-state index contributed by atoms with van der Waals surface area (Å²) in [7, 11) is 0. The summed E-state index contributed by atoms with van der Waals surface area (Å²) in [6.07, 6.45) is 2.40. The number of ether oxygens (including phenoxy) is 1. The Morgan fingerprint density at radius 3 is 2.92 bits per heavy atom. The third-order valence-corrected chi connectivity index (χ3v) is 2.22. The van der Waals surface area contributed by atoms with Crippen LogP contribution in [0.25, 0.3) is 0 Å². The molecule has 1 fully saturated rings. The number of hydrogen-bond donors (Lipinski definition) is 1. The van der Waals surface area contributed by atoms with Gasteiger partial charge in [0.05, 0.1) is 5.60 Å². The molecule has 1 saturated heterocycles. The van der Waals surface area contributed by atoms with Gasteiger partial charge in [0, 0.05) is 19.6 Å². The Kier molecular flexibility index (Phi) is 3.23. The number of aliphatic hydroxyl groups is 1. The molecule has 12 heavy (non-hydrogen) atoms. The van der Waals surface area contributed by atoms with Crippen molar-refractivity contribution >= 4 is 5.78 Å². The highest BCUT2D eigenvalue weighted by atomic mass is 16.5. The van der Waals surface area contributed by atoms with Crippen molar-refractivity contribution in [3.63, 3.8) is 0 Å². The number of carbonyl (C=O) groups is 1. The molecule has 3 heteroatoms. The lowest BCUT2D eigenvalue weighted by Gasteiger charge is -2.24. The summed E-state index contributed by atoms with van der Waals surface area (Å²) in [5.74, 6) is 0.0550. The predicted molar refractivity (Wildman–Crippen MR) is 44.9 cm³/mol. The fraction of sp³-hybridized carbons (Fsp3) is 0.889. The van der Waals surface area contributed by atoms with Crippen LogP contribution in [0.15, 0.2) is 0 Å². The molecular weight excluding hydrogens is 156 g/mol. The highest BCUT2D eigenvalue weighted by Gasteiger charge is 2.29. The van der Waals surface area contributed by atoms with Crippen molar-refractivity contribution in [2.24, 2.45) is 0 Å². The first kappa shape index (κ1) is 9.68. The molecule has 0 radical (unpaired) electrons. The Morgan fingerprint density at radius 2 is 2.25 bits per heavy atom. The molecule has 0 aromatic rings. The van der Waals surface area contributed by atoms with E-state index >= 15 is 0 Å². The molecule has 0 aromatic carbocycles. The summed E-state index contributed by atoms with van der Waals surface area (Å²) >= 11 is 0. The SMILES string of the molecule is CC(=O)CC1(O)CCCOCC1. The van der Waals surface area contributed by atoms with Crippen LogP contribution >= 0.6 is 0 Å². The first-order chi connectivity index (χ1) is 5.62. The number of rotatable bonds is 2. The van der Waals surface area contributed by atoms with Crippen LogP contribution in [0.1, 0.15) is 32.6 Å². The van der Waals surface area contributed by atoms with E-state index in [1.54, 1.807) is 0 Å². The molecule has 1 unspecified atom stereocenters. The van der Waals surface area contributed by atoms with Gasteiger partial charge in [-0.2, -0.15) is 0 Å². The molecule has 1 aliphatic heterocycles. The minimum atomic E-state index is -0.789. The van der Waals surface area contributed by atoms with E-state index in [1.165, 1.54) is 6.92 Å². The van der Waals surface area contributed by atoms with Crippen LogP contribution in [-0.2, 0) is 9.53 Å². The highest BCUT2D eigenvalue weighted by molar-refractivity contribution is 5.76. The quantitative estimate of drug-likeness (QED) is 0.673. The molecule has 0 amide bonds. The van der Waals surface area contributed by atoms with Gasteiger partial charge in [0.1, 0.15) is 5.78 Å². The largest absolute Gasteiger partial charge is 0.389 e. The fourth-order valence-electron chi connectivity index (χ4n) is 1.63. The van der Waals surface area contributed by atoms with E-state index in [1.807, 2.05) is 0 Å². The van der Waals surface area contributed by atoms with Crippen LogP contribution < -0.4 is 0 Å². The van der Waals surface area contributed by atoms with E-state index in [0.29, 0.717) is 26.1 Å². The van der Waals surface area contributed by atoms with Crippen molar-refractivity contribution in [3.05, 3.63) is 0 Å². The van der Waals surface area contributed by atoms with Crippen LogP contribution in [0.2, 0.25) is 0 Å². The van der Waals surface area contributed by atoms with Crippen LogP contribution in [0.3, 0.4) is 0 Å². The van der Waals surface area contributed by atoms with Gasteiger partial charge in [0.25, 0.3) is 0 Å². The van der Waals surface area contributed by atoms with Gasteiger partial charge in [0.15, 0.2) is 0 Å². The molecule has 1 N–H and O–H groups in total. The maximum absolute atomic E-state index is 10.8. The monoisotopic (exact) mass is 172 g/mol. The maximum atomic E-state index is 10.8. The van der Waals surface area contributed by atoms with Crippen LogP contribution in [0.4, 0.5) is 0 Å². The van der Waals surface area contributed by atoms with Crippen molar-refractivity contribution in [2.45, 2.75) is 38.2 Å². The van der Waals surface area contributed by atoms with Crippen molar-refractivity contribution < 1.29 is 14.6 Å². The summed E-state index contributed by atoms with van der Waals surface area (Å²) < 4.78 is 5.20. The second kappa shape index (κ2) is 4.01. The number of hydrogen-bond acceptors (Lipinski definition) is 3. The third kappa shape index (κ3) is 2.91. The Balaban J connectivity index is 2.48. The van der Waals surface area contributed by atoms with Gasteiger partial charge in [-0.1, -0.05) is 0 Å². The van der Waals surface area contributed by atoms with E-state index in [2.05, 4.69) is 0 Å². The molecule has 1 heterocycles. The molecule has 0 aromatic heterocycles. The van der Waals surface area contributed by atoms with Crippen LogP contribution in [0, 0.1) is 0 Å². The minimum Gasteiger partial charge on any atom is -0.389 e. The summed E-state index contributed by atoms with van der Waals surface area (Å²) in [5, 5.41) is 9.92. The third-order valence-electron chi connectivity index (χ3n) is 2.22. The lowest BCUT2D eigenvalue weighted by molar-refractivity contribution is -0.122. The van der Waals surface area contributed by atoms with Crippen molar-refractivity contribution in [2.75, 3.05) is 13.2 Å². The molecule has 1 rings (SSSR count). The molecular formula is C9H16O3. The van der Waals surface area contributed by atoms with Gasteiger partial charge in [0.2, 0.25) is 0 Å². The van der Waals surface area contributed by atoms with E-state index in [9.17, 15) is 9.90 Å². The summed E-state index contributed by atoms with van der Waals surface area (Å²) in [4.78, 5) is 10.8. The van der Waals surface area contributed by atoms with E-state index in [0.717, 1.165) is 6.42 Å². The Hall–Kier alpha value is -0.410. The lowest BCUT2D eigenvalue weighted by atomic mass is 9.90. The van der Waals surface area contributed by atoms with Gasteiger partial charge < -0.3 is 9.84 Å². The molecule has 0 aliphatic carbocycles. The van der Waals surface area contributed by atoms with Crippen molar-refractivity contribution in [1.29, 1.82) is 0 Å². The first-order valence-corrected chi connectivity index (χ1v) is 4.42.